The van der Waals surface area contributed by atoms with E-state index in [0.717, 1.165) is 16.5 Å². The first kappa shape index (κ1) is 23.6. The summed E-state index contributed by atoms with van der Waals surface area (Å²) in [5.41, 5.74) is 3.75. The molecule has 0 spiro atoms. The normalized spacial score (nSPS) is 30.1. The van der Waals surface area contributed by atoms with Crippen LogP contribution in [0.4, 0.5) is 24.8 Å². The predicted octanol–water partition coefficient (Wildman–Crippen LogP) is 3.65. The van der Waals surface area contributed by atoms with E-state index in [0.29, 0.717) is 49.0 Å². The standard InChI is InChI=1S/C25H29F3N6O2/c1-13-5-15-8-29-24(32-20-9-30-34(14(20)2)23-7-25(23,27)28)31-19(15)6-17(13)16-3-4-33(10-18(16)26)21-11-36-12-22(21)35/h5-6,8-9,16,18,21-23,35H,3-4,7,10-12H2,1-2H3,(H,29,31,32)/t16-,18+,21-,22+,23+/m1/s1. The Labute approximate surface area is 206 Å². The molecule has 0 unspecified atom stereocenters. The number of rotatable bonds is 5. The molecule has 36 heavy (non-hydrogen) atoms. The number of aliphatic hydroxyl groups is 1. The fourth-order valence-electron chi connectivity index (χ4n) is 5.57. The number of benzene rings is 1. The van der Waals surface area contributed by atoms with Crippen LogP contribution in [-0.2, 0) is 4.74 Å². The van der Waals surface area contributed by atoms with Crippen LogP contribution >= 0.6 is 0 Å². The predicted molar refractivity (Wildman–Crippen MR) is 128 cm³/mol. The van der Waals surface area contributed by atoms with Crippen LogP contribution in [0.15, 0.2) is 24.5 Å². The molecule has 11 heteroatoms. The van der Waals surface area contributed by atoms with Crippen LogP contribution in [0.1, 0.15) is 41.6 Å². The Bertz CT molecular complexity index is 1300. The highest BCUT2D eigenvalue weighted by molar-refractivity contribution is 5.81. The van der Waals surface area contributed by atoms with Crippen LogP contribution in [0.5, 0.6) is 0 Å². The molecule has 3 fully saturated rings. The van der Waals surface area contributed by atoms with Crippen molar-refractivity contribution in [1.29, 1.82) is 0 Å². The largest absolute Gasteiger partial charge is 0.389 e. The van der Waals surface area contributed by atoms with E-state index in [1.165, 1.54) is 10.9 Å². The third kappa shape index (κ3) is 4.12. The fraction of sp³-hybridized carbons (Fsp3) is 0.560. The molecule has 2 saturated heterocycles. The van der Waals surface area contributed by atoms with Crippen molar-refractivity contribution in [3.8, 4) is 0 Å². The zero-order valence-electron chi connectivity index (χ0n) is 20.2. The lowest BCUT2D eigenvalue weighted by molar-refractivity contribution is 0.0352. The lowest BCUT2D eigenvalue weighted by Gasteiger charge is -2.39. The van der Waals surface area contributed by atoms with Crippen molar-refractivity contribution >= 4 is 22.5 Å². The highest BCUT2D eigenvalue weighted by atomic mass is 19.3. The average Bonchev–Trinajstić information content (AvgIpc) is 3.12. The van der Waals surface area contributed by atoms with Crippen molar-refractivity contribution in [3.63, 3.8) is 0 Å². The van der Waals surface area contributed by atoms with Gasteiger partial charge in [0.25, 0.3) is 5.92 Å². The van der Waals surface area contributed by atoms with Crippen molar-refractivity contribution in [1.82, 2.24) is 24.6 Å². The number of aromatic nitrogens is 4. The van der Waals surface area contributed by atoms with Crippen LogP contribution in [0.2, 0.25) is 0 Å². The number of alkyl halides is 3. The molecule has 1 saturated carbocycles. The Hall–Kier alpha value is -2.76. The number of anilines is 2. The summed E-state index contributed by atoms with van der Waals surface area (Å²) in [4.78, 5) is 11.0. The summed E-state index contributed by atoms with van der Waals surface area (Å²) in [6.07, 6.45) is 2.00. The molecular formula is C25H29F3N6O2. The Kier molecular flexibility index (Phi) is 5.69. The number of hydrogen-bond donors (Lipinski definition) is 2. The first-order valence-electron chi connectivity index (χ1n) is 12.3. The van der Waals surface area contributed by atoms with E-state index in [1.807, 2.05) is 24.0 Å². The van der Waals surface area contributed by atoms with Crippen molar-refractivity contribution in [2.45, 2.75) is 62.9 Å². The fourth-order valence-corrected chi connectivity index (χ4v) is 5.57. The molecule has 3 aromatic rings. The molecule has 192 valence electrons. The van der Waals surface area contributed by atoms with Crippen molar-refractivity contribution < 1.29 is 23.0 Å². The second kappa shape index (κ2) is 8.67. The van der Waals surface area contributed by atoms with Crippen LogP contribution in [-0.4, -0.2) is 80.3 Å². The van der Waals surface area contributed by atoms with Gasteiger partial charge >= 0.3 is 0 Å². The van der Waals surface area contributed by atoms with E-state index in [2.05, 4.69) is 20.4 Å². The monoisotopic (exact) mass is 502 g/mol. The second-order valence-electron chi connectivity index (χ2n) is 10.2. The zero-order valence-corrected chi connectivity index (χ0v) is 20.2. The minimum atomic E-state index is -2.71. The summed E-state index contributed by atoms with van der Waals surface area (Å²) in [5, 5.41) is 18.2. The SMILES string of the molecule is Cc1cc2cnc(Nc3cnn([C@H]4CC4(F)F)c3C)nc2cc1[C@H]1CCN([C@@H]2COC[C@@H]2O)C[C@@H]1F. The zero-order chi connectivity index (χ0) is 25.2. The molecule has 2 N–H and O–H groups in total. The smallest absolute Gasteiger partial charge is 0.272 e. The first-order chi connectivity index (χ1) is 17.2. The summed E-state index contributed by atoms with van der Waals surface area (Å²) >= 11 is 0. The average molecular weight is 503 g/mol. The molecule has 2 aromatic heterocycles. The van der Waals surface area contributed by atoms with Crippen LogP contribution in [0.3, 0.4) is 0 Å². The van der Waals surface area contributed by atoms with E-state index in [4.69, 9.17) is 4.74 Å². The maximum absolute atomic E-state index is 15.4. The van der Waals surface area contributed by atoms with Crippen LogP contribution < -0.4 is 5.32 Å². The van der Waals surface area contributed by atoms with E-state index in [-0.39, 0.29) is 24.9 Å². The summed E-state index contributed by atoms with van der Waals surface area (Å²) in [5.74, 6) is -2.65. The minimum absolute atomic E-state index is 0.151. The Balaban J connectivity index is 1.22. The van der Waals surface area contributed by atoms with Crippen molar-refractivity contribution in [3.05, 3.63) is 41.3 Å². The number of piperidine rings is 1. The van der Waals surface area contributed by atoms with Gasteiger partial charge in [-0.15, -0.1) is 0 Å². The lowest BCUT2D eigenvalue weighted by Crippen LogP contribution is -2.50. The Morgan fingerprint density at radius 3 is 2.69 bits per heavy atom. The van der Waals surface area contributed by atoms with Gasteiger partial charge in [0, 0.05) is 30.5 Å². The van der Waals surface area contributed by atoms with Gasteiger partial charge in [0.1, 0.15) is 12.2 Å². The number of nitrogens with zero attached hydrogens (tertiary/aromatic N) is 5. The quantitative estimate of drug-likeness (QED) is 0.551. The summed E-state index contributed by atoms with van der Waals surface area (Å²) in [6.45, 7) is 5.38. The Morgan fingerprint density at radius 1 is 1.19 bits per heavy atom. The number of nitrogens with one attached hydrogen (secondary N) is 1. The number of halogens is 3. The number of ether oxygens (including phenoxy) is 1. The van der Waals surface area contributed by atoms with Gasteiger partial charge in [0.15, 0.2) is 0 Å². The molecule has 5 atom stereocenters. The van der Waals surface area contributed by atoms with Gasteiger partial charge in [0.05, 0.1) is 48.5 Å². The van der Waals surface area contributed by atoms with Gasteiger partial charge in [-0.2, -0.15) is 5.10 Å². The molecule has 4 heterocycles. The number of aryl methyl sites for hydroxylation is 1. The van der Waals surface area contributed by atoms with Gasteiger partial charge in [-0.1, -0.05) is 0 Å². The first-order valence-corrected chi connectivity index (χ1v) is 12.3. The van der Waals surface area contributed by atoms with E-state index >= 15 is 4.39 Å². The number of aliphatic hydroxyl groups excluding tert-OH is 1. The maximum Gasteiger partial charge on any atom is 0.272 e. The lowest BCUT2D eigenvalue weighted by atomic mass is 9.84. The molecule has 8 nitrogen and oxygen atoms in total. The van der Waals surface area contributed by atoms with Gasteiger partial charge in [-0.25, -0.2) is 23.1 Å². The highest BCUT2D eigenvalue weighted by Gasteiger charge is 2.59. The second-order valence-corrected chi connectivity index (χ2v) is 10.2. The molecule has 3 aliphatic rings. The summed E-state index contributed by atoms with van der Waals surface area (Å²) in [6, 6.07) is 2.85. The molecule has 6 rings (SSSR count). The number of hydrogen-bond acceptors (Lipinski definition) is 7. The molecule has 1 aliphatic carbocycles. The molecule has 1 aromatic carbocycles. The van der Waals surface area contributed by atoms with Gasteiger partial charge < -0.3 is 15.2 Å². The summed E-state index contributed by atoms with van der Waals surface area (Å²) in [7, 11) is 0. The molecule has 2 aliphatic heterocycles. The Morgan fingerprint density at radius 2 is 2.00 bits per heavy atom. The van der Waals surface area contributed by atoms with E-state index < -0.39 is 24.2 Å². The minimum Gasteiger partial charge on any atom is -0.389 e. The highest BCUT2D eigenvalue weighted by Crippen LogP contribution is 2.53. The van der Waals surface area contributed by atoms with Crippen molar-refractivity contribution in [2.75, 3.05) is 31.6 Å². The third-order valence-corrected chi connectivity index (χ3v) is 7.81. The number of likely N-dealkylation sites (tertiary alicyclic amines) is 1. The molecular weight excluding hydrogens is 473 g/mol. The molecule has 0 radical (unpaired) electrons. The van der Waals surface area contributed by atoms with Gasteiger partial charge in [-0.3, -0.25) is 9.58 Å². The van der Waals surface area contributed by atoms with E-state index in [9.17, 15) is 13.9 Å². The van der Waals surface area contributed by atoms with Crippen LogP contribution in [0.25, 0.3) is 10.9 Å². The summed E-state index contributed by atoms with van der Waals surface area (Å²) < 4.78 is 49.1. The van der Waals surface area contributed by atoms with E-state index in [1.54, 1.807) is 13.1 Å². The number of fused-ring (bicyclic) bond motifs is 1. The van der Waals surface area contributed by atoms with Gasteiger partial charge in [-0.05, 0) is 50.1 Å². The molecule has 0 bridgehead atoms. The van der Waals surface area contributed by atoms with Crippen molar-refractivity contribution in [2.24, 2.45) is 0 Å². The molecule has 0 amide bonds. The topological polar surface area (TPSA) is 88.3 Å². The third-order valence-electron chi connectivity index (χ3n) is 7.81. The maximum atomic E-state index is 15.4. The van der Waals surface area contributed by atoms with Crippen LogP contribution in [0, 0.1) is 13.8 Å². The van der Waals surface area contributed by atoms with Gasteiger partial charge in [0.2, 0.25) is 5.95 Å².